The Kier molecular flexibility index (Phi) is 5.20. The van der Waals surface area contributed by atoms with Gasteiger partial charge in [-0.2, -0.15) is 0 Å². The molecule has 1 fully saturated rings. The van der Waals surface area contributed by atoms with Crippen LogP contribution in [0.4, 0.5) is 10.2 Å². The smallest absolute Gasteiger partial charge is 0.218 e. The van der Waals surface area contributed by atoms with Gasteiger partial charge in [0.2, 0.25) is 5.88 Å². The molecule has 3 rings (SSSR count). The topological polar surface area (TPSA) is 54.4 Å². The Labute approximate surface area is 141 Å². The Morgan fingerprint density at radius 1 is 1.33 bits per heavy atom. The Morgan fingerprint density at radius 2 is 2.21 bits per heavy atom. The van der Waals surface area contributed by atoms with Crippen LogP contribution in [0.25, 0.3) is 0 Å². The molecule has 0 N–H and O–H groups in total. The summed E-state index contributed by atoms with van der Waals surface area (Å²) >= 11 is 0. The first-order chi connectivity index (χ1) is 11.7. The molecule has 1 atom stereocenters. The van der Waals surface area contributed by atoms with Gasteiger partial charge in [-0.15, -0.1) is 0 Å². The number of rotatable bonds is 5. The molecular weight excluding hydrogens is 309 g/mol. The van der Waals surface area contributed by atoms with Crippen LogP contribution in [-0.4, -0.2) is 53.1 Å². The number of halogens is 1. The Balaban J connectivity index is 1.66. The highest BCUT2D eigenvalue weighted by molar-refractivity contribution is 5.41. The van der Waals surface area contributed by atoms with E-state index in [1.807, 2.05) is 13.1 Å². The number of pyridine rings is 1. The highest BCUT2D eigenvalue weighted by Gasteiger charge is 2.24. The van der Waals surface area contributed by atoms with E-state index in [-0.39, 0.29) is 5.82 Å². The van der Waals surface area contributed by atoms with Crippen molar-refractivity contribution in [1.29, 1.82) is 0 Å². The number of likely N-dealkylation sites (N-methyl/N-ethyl adjacent to an activating group) is 1. The molecule has 2 aromatic heterocycles. The van der Waals surface area contributed by atoms with E-state index < -0.39 is 0 Å². The minimum absolute atomic E-state index is 0.286. The molecule has 0 saturated carbocycles. The van der Waals surface area contributed by atoms with Crippen LogP contribution in [0.2, 0.25) is 0 Å². The van der Waals surface area contributed by atoms with E-state index in [0.717, 1.165) is 37.3 Å². The average Bonchev–Trinajstić information content (AvgIpc) is 2.61. The molecule has 128 valence electrons. The van der Waals surface area contributed by atoms with Crippen molar-refractivity contribution in [2.24, 2.45) is 0 Å². The van der Waals surface area contributed by atoms with Crippen molar-refractivity contribution >= 4 is 5.82 Å². The summed E-state index contributed by atoms with van der Waals surface area (Å²) in [7, 11) is 3.64. The van der Waals surface area contributed by atoms with Gasteiger partial charge in [-0.3, -0.25) is 9.88 Å². The number of nitrogens with zero attached hydrogens (tertiary/aromatic N) is 5. The monoisotopic (exact) mass is 331 g/mol. The Bertz CT molecular complexity index is 684. The molecule has 0 spiro atoms. The van der Waals surface area contributed by atoms with E-state index in [2.05, 4.69) is 24.8 Å². The second-order valence-corrected chi connectivity index (χ2v) is 6.07. The molecule has 0 bridgehead atoms. The van der Waals surface area contributed by atoms with E-state index in [1.54, 1.807) is 19.4 Å². The number of likely N-dealkylation sites (tertiary alicyclic amines) is 1. The molecule has 3 heterocycles. The van der Waals surface area contributed by atoms with Crippen molar-refractivity contribution in [3.05, 3.63) is 42.2 Å². The maximum atomic E-state index is 13.3. The quantitative estimate of drug-likeness (QED) is 0.836. The predicted molar refractivity (Wildman–Crippen MR) is 89.5 cm³/mol. The average molecular weight is 331 g/mol. The van der Waals surface area contributed by atoms with E-state index in [0.29, 0.717) is 18.5 Å². The summed E-state index contributed by atoms with van der Waals surface area (Å²) in [5, 5.41) is 0. The summed E-state index contributed by atoms with van der Waals surface area (Å²) in [5.74, 6) is 1.12. The standard InChI is InChI=1S/C17H22FN5O/c1-22(16-7-17(24-2)21-12-20-16)15-4-3-5-23(11-15)10-13-6-14(18)9-19-8-13/h6-9,12,15H,3-5,10-11H2,1-2H3. The molecule has 24 heavy (non-hydrogen) atoms. The van der Waals surface area contributed by atoms with Crippen LogP contribution in [0.3, 0.4) is 0 Å². The first kappa shape index (κ1) is 16.6. The second kappa shape index (κ2) is 7.53. The predicted octanol–water partition coefficient (Wildman–Crippen LogP) is 2.12. The molecule has 6 nitrogen and oxygen atoms in total. The summed E-state index contributed by atoms with van der Waals surface area (Å²) in [5.41, 5.74) is 0.905. The van der Waals surface area contributed by atoms with Crippen molar-refractivity contribution < 1.29 is 9.13 Å². The fourth-order valence-corrected chi connectivity index (χ4v) is 3.11. The number of methoxy groups -OCH3 is 1. The second-order valence-electron chi connectivity index (χ2n) is 6.07. The fourth-order valence-electron chi connectivity index (χ4n) is 3.11. The van der Waals surface area contributed by atoms with Gasteiger partial charge < -0.3 is 9.64 Å². The number of aromatic nitrogens is 3. The van der Waals surface area contributed by atoms with Gasteiger partial charge in [0.25, 0.3) is 0 Å². The Morgan fingerprint density at radius 3 is 3.00 bits per heavy atom. The first-order valence-electron chi connectivity index (χ1n) is 8.06. The van der Waals surface area contributed by atoms with Crippen LogP contribution < -0.4 is 9.64 Å². The van der Waals surface area contributed by atoms with Crippen molar-refractivity contribution in [1.82, 2.24) is 19.9 Å². The fraction of sp³-hybridized carbons (Fsp3) is 0.471. The van der Waals surface area contributed by atoms with Gasteiger partial charge in [0.1, 0.15) is 18.0 Å². The van der Waals surface area contributed by atoms with Crippen molar-refractivity contribution in [2.45, 2.75) is 25.4 Å². The molecule has 0 radical (unpaired) electrons. The van der Waals surface area contributed by atoms with Crippen LogP contribution in [0.5, 0.6) is 5.88 Å². The van der Waals surface area contributed by atoms with Gasteiger partial charge in [-0.25, -0.2) is 14.4 Å². The zero-order chi connectivity index (χ0) is 16.9. The lowest BCUT2D eigenvalue weighted by Crippen LogP contribution is -2.46. The SMILES string of the molecule is COc1cc(N(C)C2CCCN(Cc3cncc(F)c3)C2)ncn1. The van der Waals surface area contributed by atoms with Gasteiger partial charge in [0.05, 0.1) is 13.3 Å². The third-order valence-corrected chi connectivity index (χ3v) is 4.39. The van der Waals surface area contributed by atoms with Crippen molar-refractivity contribution in [3.8, 4) is 5.88 Å². The first-order valence-corrected chi connectivity index (χ1v) is 8.06. The summed E-state index contributed by atoms with van der Waals surface area (Å²) in [4.78, 5) is 16.8. The number of anilines is 1. The van der Waals surface area contributed by atoms with E-state index in [1.165, 1.54) is 12.5 Å². The highest BCUT2D eigenvalue weighted by Crippen LogP contribution is 2.22. The number of ether oxygens (including phenoxy) is 1. The molecule has 7 heteroatoms. The van der Waals surface area contributed by atoms with Crippen LogP contribution in [-0.2, 0) is 6.54 Å². The Hall–Kier alpha value is -2.28. The molecule has 2 aromatic rings. The molecule has 1 aliphatic rings. The van der Waals surface area contributed by atoms with E-state index >= 15 is 0 Å². The summed E-state index contributed by atoms with van der Waals surface area (Å²) in [6.45, 7) is 2.62. The zero-order valence-electron chi connectivity index (χ0n) is 14.0. The minimum Gasteiger partial charge on any atom is -0.481 e. The number of hydrogen-bond acceptors (Lipinski definition) is 6. The van der Waals surface area contributed by atoms with Crippen molar-refractivity contribution in [2.75, 3.05) is 32.1 Å². The number of piperidine rings is 1. The molecule has 1 saturated heterocycles. The zero-order valence-corrected chi connectivity index (χ0v) is 14.0. The summed E-state index contributed by atoms with van der Waals surface area (Å²) in [6.07, 6.45) is 6.68. The normalized spacial score (nSPS) is 18.4. The summed E-state index contributed by atoms with van der Waals surface area (Å²) in [6, 6.07) is 3.74. The molecule has 0 aromatic carbocycles. The largest absolute Gasteiger partial charge is 0.481 e. The lowest BCUT2D eigenvalue weighted by Gasteiger charge is -2.38. The van der Waals surface area contributed by atoms with Gasteiger partial charge in [0, 0.05) is 38.4 Å². The molecular formula is C17H22FN5O. The third kappa shape index (κ3) is 3.97. The maximum absolute atomic E-state index is 13.3. The molecule has 0 amide bonds. The minimum atomic E-state index is -0.286. The number of hydrogen-bond donors (Lipinski definition) is 0. The molecule has 0 aliphatic carbocycles. The van der Waals surface area contributed by atoms with Gasteiger partial charge in [-0.05, 0) is 31.0 Å². The van der Waals surface area contributed by atoms with Crippen LogP contribution in [0.1, 0.15) is 18.4 Å². The van der Waals surface area contributed by atoms with E-state index in [4.69, 9.17) is 4.74 Å². The maximum Gasteiger partial charge on any atom is 0.218 e. The third-order valence-electron chi connectivity index (χ3n) is 4.39. The highest BCUT2D eigenvalue weighted by atomic mass is 19.1. The van der Waals surface area contributed by atoms with Gasteiger partial charge in [0.15, 0.2) is 0 Å². The van der Waals surface area contributed by atoms with Crippen LogP contribution in [0.15, 0.2) is 30.9 Å². The lowest BCUT2D eigenvalue weighted by atomic mass is 10.0. The lowest BCUT2D eigenvalue weighted by molar-refractivity contribution is 0.198. The molecule has 1 aliphatic heterocycles. The van der Waals surface area contributed by atoms with Crippen LogP contribution >= 0.6 is 0 Å². The van der Waals surface area contributed by atoms with Crippen LogP contribution in [0, 0.1) is 5.82 Å². The summed E-state index contributed by atoms with van der Waals surface area (Å²) < 4.78 is 18.5. The van der Waals surface area contributed by atoms with Crippen molar-refractivity contribution in [3.63, 3.8) is 0 Å². The van der Waals surface area contributed by atoms with E-state index in [9.17, 15) is 4.39 Å². The van der Waals surface area contributed by atoms with Gasteiger partial charge in [-0.1, -0.05) is 0 Å². The molecule has 1 unspecified atom stereocenters. The van der Waals surface area contributed by atoms with Gasteiger partial charge >= 0.3 is 0 Å².